The summed E-state index contributed by atoms with van der Waals surface area (Å²) in [5.74, 6) is -0.539. The minimum absolute atomic E-state index is 0.0973. The number of nitrogens with zero attached hydrogens (tertiary/aromatic N) is 1. The van der Waals surface area contributed by atoms with E-state index in [2.05, 4.69) is 5.32 Å². The van der Waals surface area contributed by atoms with Gasteiger partial charge in [0.1, 0.15) is 12.4 Å². The van der Waals surface area contributed by atoms with E-state index < -0.39 is 11.7 Å². The molecule has 1 N–H and O–H groups in total. The van der Waals surface area contributed by atoms with E-state index in [-0.39, 0.29) is 42.8 Å². The van der Waals surface area contributed by atoms with Gasteiger partial charge in [0.2, 0.25) is 11.8 Å². The zero-order valence-electron chi connectivity index (χ0n) is 16.5. The fourth-order valence-corrected chi connectivity index (χ4v) is 2.77. The van der Waals surface area contributed by atoms with Crippen molar-refractivity contribution >= 4 is 18.1 Å². The van der Waals surface area contributed by atoms with Crippen molar-refractivity contribution in [3.05, 3.63) is 53.6 Å². The molecule has 0 aliphatic heterocycles. The summed E-state index contributed by atoms with van der Waals surface area (Å²) in [4.78, 5) is 35.4. The fraction of sp³-hybridized carbons (Fsp3) is 0.286. The number of hydrogen-bond acceptors (Lipinski definition) is 4. The third-order valence-electron chi connectivity index (χ3n) is 4.28. The molecule has 0 saturated carbocycles. The van der Waals surface area contributed by atoms with Gasteiger partial charge >= 0.3 is 6.18 Å². The summed E-state index contributed by atoms with van der Waals surface area (Å²) in [6.07, 6.45) is -4.05. The maximum Gasteiger partial charge on any atom is 0.416 e. The molecule has 2 aromatic carbocycles. The van der Waals surface area contributed by atoms with Gasteiger partial charge in [0.15, 0.2) is 6.29 Å². The molecule has 0 saturated heterocycles. The fourth-order valence-electron chi connectivity index (χ4n) is 2.77. The maximum absolute atomic E-state index is 13.2. The highest BCUT2D eigenvalue weighted by Crippen LogP contribution is 2.37. The third-order valence-corrected chi connectivity index (χ3v) is 4.28. The van der Waals surface area contributed by atoms with Crippen LogP contribution in [0.15, 0.2) is 42.5 Å². The molecule has 0 unspecified atom stereocenters. The Bertz CT molecular complexity index is 929. The number of nitrogens with one attached hydrogen (secondary N) is 1. The molecule has 0 heterocycles. The molecule has 0 radical (unpaired) electrons. The molecule has 2 amide bonds. The summed E-state index contributed by atoms with van der Waals surface area (Å²) in [6, 6.07) is 9.55. The summed E-state index contributed by atoms with van der Waals surface area (Å²) in [6.45, 7) is 0.973. The summed E-state index contributed by atoms with van der Waals surface area (Å²) in [5.41, 5.74) is 0.342. The van der Waals surface area contributed by atoms with E-state index in [1.807, 2.05) is 0 Å². The van der Waals surface area contributed by atoms with Crippen LogP contribution in [0.1, 0.15) is 18.1 Å². The Balaban J connectivity index is 2.43. The van der Waals surface area contributed by atoms with Crippen LogP contribution < -0.4 is 10.1 Å². The lowest BCUT2D eigenvalue weighted by molar-refractivity contribution is -0.137. The first kappa shape index (κ1) is 22.9. The molecule has 2 rings (SSSR count). The van der Waals surface area contributed by atoms with Gasteiger partial charge in [0.25, 0.3) is 0 Å². The van der Waals surface area contributed by atoms with Crippen LogP contribution >= 0.6 is 0 Å². The van der Waals surface area contributed by atoms with Crippen molar-refractivity contribution in [1.82, 2.24) is 10.2 Å². The Morgan fingerprint density at radius 2 is 1.90 bits per heavy atom. The molecule has 0 fully saturated rings. The first-order valence-electron chi connectivity index (χ1n) is 8.98. The van der Waals surface area contributed by atoms with Gasteiger partial charge in [0.05, 0.1) is 12.1 Å². The van der Waals surface area contributed by atoms with Gasteiger partial charge in [-0.05, 0) is 35.4 Å². The van der Waals surface area contributed by atoms with Crippen molar-refractivity contribution in [3.63, 3.8) is 0 Å². The second kappa shape index (κ2) is 9.91. The SMILES string of the molecule is CNC(=O)CN(Cc1cccc(-c2cc(C(F)(F)F)ccc2OCC=O)c1)C(C)=O. The van der Waals surface area contributed by atoms with Gasteiger partial charge in [-0.2, -0.15) is 13.2 Å². The zero-order valence-corrected chi connectivity index (χ0v) is 16.5. The number of amides is 2. The number of carbonyl (C=O) groups is 3. The Kier molecular flexibility index (Phi) is 7.57. The molecule has 2 aromatic rings. The number of halogens is 3. The molecule has 9 heteroatoms. The van der Waals surface area contributed by atoms with Crippen LogP contribution in [0.3, 0.4) is 0 Å². The Morgan fingerprint density at radius 1 is 1.17 bits per heavy atom. The minimum Gasteiger partial charge on any atom is -0.486 e. The third kappa shape index (κ3) is 6.07. The van der Waals surface area contributed by atoms with Crippen LogP contribution in [0.25, 0.3) is 11.1 Å². The number of rotatable bonds is 8. The van der Waals surface area contributed by atoms with E-state index in [0.29, 0.717) is 17.4 Å². The predicted molar refractivity (Wildman–Crippen MR) is 104 cm³/mol. The van der Waals surface area contributed by atoms with Crippen molar-refractivity contribution in [2.24, 2.45) is 0 Å². The van der Waals surface area contributed by atoms with E-state index in [1.54, 1.807) is 24.3 Å². The number of likely N-dealkylation sites (N-methyl/N-ethyl adjacent to an activating group) is 1. The van der Waals surface area contributed by atoms with Gasteiger partial charge in [0, 0.05) is 26.1 Å². The van der Waals surface area contributed by atoms with E-state index in [9.17, 15) is 27.6 Å². The van der Waals surface area contributed by atoms with Gasteiger partial charge in [-0.15, -0.1) is 0 Å². The second-order valence-electron chi connectivity index (χ2n) is 6.44. The molecule has 0 aliphatic carbocycles. The topological polar surface area (TPSA) is 75.7 Å². The van der Waals surface area contributed by atoms with Gasteiger partial charge in [-0.3, -0.25) is 14.4 Å². The van der Waals surface area contributed by atoms with E-state index in [4.69, 9.17) is 4.74 Å². The summed E-state index contributed by atoms with van der Waals surface area (Å²) < 4.78 is 44.8. The second-order valence-corrected chi connectivity index (χ2v) is 6.44. The number of aldehydes is 1. The van der Waals surface area contributed by atoms with Crippen molar-refractivity contribution in [1.29, 1.82) is 0 Å². The number of carbonyl (C=O) groups excluding carboxylic acids is 3. The smallest absolute Gasteiger partial charge is 0.416 e. The van der Waals surface area contributed by atoms with Gasteiger partial charge < -0.3 is 15.0 Å². The molecule has 160 valence electrons. The lowest BCUT2D eigenvalue weighted by Gasteiger charge is -2.21. The molecule has 0 aliphatic rings. The van der Waals surface area contributed by atoms with Crippen molar-refractivity contribution in [3.8, 4) is 16.9 Å². The minimum atomic E-state index is -4.55. The standard InChI is InChI=1S/C21H21F3N2O4/c1-14(28)26(13-20(29)25-2)12-15-4-3-5-16(10-15)18-11-17(21(22,23)24)6-7-19(18)30-9-8-27/h3-8,10-11H,9,12-13H2,1-2H3,(H,25,29). The normalized spacial score (nSPS) is 11.0. The molecule has 30 heavy (non-hydrogen) atoms. The highest BCUT2D eigenvalue weighted by Gasteiger charge is 2.31. The molecule has 6 nitrogen and oxygen atoms in total. The highest BCUT2D eigenvalue weighted by molar-refractivity contribution is 5.83. The predicted octanol–water partition coefficient (Wildman–Crippen LogP) is 3.04. The average Bonchev–Trinajstić information content (AvgIpc) is 2.70. The Labute approximate surface area is 171 Å². The van der Waals surface area contributed by atoms with Crippen LogP contribution in [0.4, 0.5) is 13.2 Å². The number of benzene rings is 2. The lowest BCUT2D eigenvalue weighted by atomic mass is 9.99. The molecule has 0 bridgehead atoms. The average molecular weight is 422 g/mol. The highest BCUT2D eigenvalue weighted by atomic mass is 19.4. The van der Waals surface area contributed by atoms with Crippen LogP contribution in [0, 0.1) is 0 Å². The van der Waals surface area contributed by atoms with E-state index >= 15 is 0 Å². The largest absolute Gasteiger partial charge is 0.486 e. The van der Waals surface area contributed by atoms with Crippen LogP contribution in [-0.4, -0.2) is 43.2 Å². The molecular weight excluding hydrogens is 401 g/mol. The number of hydrogen-bond donors (Lipinski definition) is 1. The Morgan fingerprint density at radius 3 is 2.50 bits per heavy atom. The van der Waals surface area contributed by atoms with Crippen LogP contribution in [0.5, 0.6) is 5.75 Å². The molecule has 0 spiro atoms. The van der Waals surface area contributed by atoms with Gasteiger partial charge in [-0.1, -0.05) is 18.2 Å². The quantitative estimate of drug-likeness (QED) is 0.664. The van der Waals surface area contributed by atoms with Crippen LogP contribution in [-0.2, 0) is 27.1 Å². The maximum atomic E-state index is 13.2. The van der Waals surface area contributed by atoms with E-state index in [0.717, 1.165) is 12.1 Å². The molecule has 0 atom stereocenters. The lowest BCUT2D eigenvalue weighted by Crippen LogP contribution is -2.37. The van der Waals surface area contributed by atoms with Crippen molar-refractivity contribution in [2.45, 2.75) is 19.6 Å². The summed E-state index contributed by atoms with van der Waals surface area (Å²) in [5, 5.41) is 2.44. The first-order valence-corrected chi connectivity index (χ1v) is 8.98. The Hall–Kier alpha value is -3.36. The first-order chi connectivity index (χ1) is 14.2. The monoisotopic (exact) mass is 422 g/mol. The summed E-state index contributed by atoms with van der Waals surface area (Å²) >= 11 is 0. The number of ether oxygens (including phenoxy) is 1. The number of alkyl halides is 3. The molecular formula is C21H21F3N2O4. The van der Waals surface area contributed by atoms with E-state index in [1.165, 1.54) is 24.9 Å². The summed E-state index contributed by atoms with van der Waals surface area (Å²) in [7, 11) is 1.45. The van der Waals surface area contributed by atoms with Crippen LogP contribution in [0.2, 0.25) is 0 Å². The van der Waals surface area contributed by atoms with Crippen molar-refractivity contribution < 1.29 is 32.3 Å². The zero-order chi connectivity index (χ0) is 22.3. The molecule has 0 aromatic heterocycles. The van der Waals surface area contributed by atoms with Gasteiger partial charge in [-0.25, -0.2) is 0 Å². The van der Waals surface area contributed by atoms with Crippen molar-refractivity contribution in [2.75, 3.05) is 20.2 Å².